The van der Waals surface area contributed by atoms with Crippen molar-refractivity contribution in [3.05, 3.63) is 0 Å². The Morgan fingerprint density at radius 1 is 1.21 bits per heavy atom. The van der Waals surface area contributed by atoms with Crippen LogP contribution in [0.3, 0.4) is 0 Å². The summed E-state index contributed by atoms with van der Waals surface area (Å²) in [4.78, 5) is 13.8. The number of hydrogen-bond acceptors (Lipinski definition) is 6. The zero-order valence-corrected chi connectivity index (χ0v) is 17.3. The van der Waals surface area contributed by atoms with Crippen LogP contribution in [0.2, 0.25) is 0 Å². The number of likely N-dealkylation sites (tertiary alicyclic amines) is 1. The molecule has 1 rings (SSSR count). The highest BCUT2D eigenvalue weighted by Gasteiger charge is 2.34. The molecule has 1 aliphatic heterocycles. The zero-order chi connectivity index (χ0) is 18.4. The lowest BCUT2D eigenvalue weighted by molar-refractivity contribution is 0.0184. The van der Waals surface area contributed by atoms with E-state index in [1.54, 1.807) is 18.7 Å². The third-order valence-electron chi connectivity index (χ3n) is 3.80. The molecule has 6 nitrogen and oxygen atoms in total. The number of carbonyl (C=O) groups excluding carboxylic acids is 1. The number of nitrogens with zero attached hydrogens (tertiary/aromatic N) is 1. The van der Waals surface area contributed by atoms with Gasteiger partial charge in [-0.05, 0) is 53.4 Å². The summed E-state index contributed by atoms with van der Waals surface area (Å²) in [5.74, 6) is 0.279. The highest BCUT2D eigenvalue weighted by Crippen LogP contribution is 2.50. The third-order valence-corrected chi connectivity index (χ3v) is 6.83. The van der Waals surface area contributed by atoms with E-state index in [4.69, 9.17) is 13.8 Å². The average Bonchev–Trinajstić information content (AvgIpc) is 2.45. The van der Waals surface area contributed by atoms with Crippen LogP contribution in [-0.4, -0.2) is 54.3 Å². The fourth-order valence-corrected chi connectivity index (χ4v) is 5.43. The summed E-state index contributed by atoms with van der Waals surface area (Å²) in [5, 5.41) is -0.0743. The van der Waals surface area contributed by atoms with E-state index >= 15 is 0 Å². The molecule has 0 saturated carbocycles. The molecule has 1 aliphatic rings. The van der Waals surface area contributed by atoms with Crippen molar-refractivity contribution in [3.63, 3.8) is 0 Å². The van der Waals surface area contributed by atoms with Crippen LogP contribution < -0.4 is 0 Å². The molecule has 0 N–H and O–H groups in total. The Hall–Kier alpha value is -0.230. The first kappa shape index (κ1) is 21.8. The van der Waals surface area contributed by atoms with Gasteiger partial charge in [0.1, 0.15) is 5.60 Å². The molecule has 0 aromatic heterocycles. The first-order chi connectivity index (χ1) is 11.1. The molecular weight excluding hydrogens is 349 g/mol. The Bertz CT molecular complexity index is 436. The van der Waals surface area contributed by atoms with E-state index in [0.717, 1.165) is 12.8 Å². The Labute approximate surface area is 151 Å². The van der Waals surface area contributed by atoms with Crippen molar-refractivity contribution in [2.24, 2.45) is 5.92 Å². The first-order valence-corrected chi connectivity index (χ1v) is 10.9. The van der Waals surface area contributed by atoms with Gasteiger partial charge in [0.05, 0.1) is 19.4 Å². The minimum atomic E-state index is -3.09. The SMILES string of the molecule is CCOP(=O)(CC(S)C1CCN(C(=O)OC(C)(C)C)CC1)OCC. The first-order valence-electron chi connectivity index (χ1n) is 8.64. The number of amides is 1. The Morgan fingerprint density at radius 3 is 2.12 bits per heavy atom. The molecule has 0 spiro atoms. The van der Waals surface area contributed by atoms with Gasteiger partial charge in [0, 0.05) is 18.3 Å². The highest BCUT2D eigenvalue weighted by molar-refractivity contribution is 7.81. The number of piperidine rings is 1. The number of hydrogen-bond donors (Lipinski definition) is 1. The van der Waals surface area contributed by atoms with Gasteiger partial charge >= 0.3 is 13.7 Å². The van der Waals surface area contributed by atoms with E-state index in [1.165, 1.54) is 0 Å². The van der Waals surface area contributed by atoms with Gasteiger partial charge in [-0.2, -0.15) is 12.6 Å². The summed E-state index contributed by atoms with van der Waals surface area (Å²) in [6.45, 7) is 11.2. The second-order valence-corrected chi connectivity index (χ2v) is 9.77. The lowest BCUT2D eigenvalue weighted by Gasteiger charge is -2.36. The maximum atomic E-state index is 12.6. The van der Waals surface area contributed by atoms with Crippen molar-refractivity contribution < 1.29 is 23.1 Å². The molecule has 142 valence electrons. The highest BCUT2D eigenvalue weighted by atomic mass is 32.1. The normalized spacial score (nSPS) is 18.5. The molecule has 0 aliphatic carbocycles. The van der Waals surface area contributed by atoms with Crippen LogP contribution >= 0.6 is 20.2 Å². The minimum absolute atomic E-state index is 0.0743. The van der Waals surface area contributed by atoms with E-state index in [9.17, 15) is 9.36 Å². The number of thiol groups is 1. The lowest BCUT2D eigenvalue weighted by atomic mass is 9.94. The Balaban J connectivity index is 2.51. The summed E-state index contributed by atoms with van der Waals surface area (Å²) in [7, 11) is -3.09. The van der Waals surface area contributed by atoms with Gasteiger partial charge in [0.15, 0.2) is 0 Å². The van der Waals surface area contributed by atoms with E-state index in [2.05, 4.69) is 12.6 Å². The average molecular weight is 381 g/mol. The summed E-state index contributed by atoms with van der Waals surface area (Å²) < 4.78 is 28.7. The zero-order valence-electron chi connectivity index (χ0n) is 15.5. The molecule has 0 aromatic rings. The third kappa shape index (κ3) is 7.34. The second-order valence-electron chi connectivity index (χ2n) is 7.00. The maximum Gasteiger partial charge on any atom is 0.410 e. The van der Waals surface area contributed by atoms with E-state index in [-0.39, 0.29) is 17.3 Å². The van der Waals surface area contributed by atoms with Crippen LogP contribution in [0, 0.1) is 5.92 Å². The van der Waals surface area contributed by atoms with Crippen molar-refractivity contribution in [1.82, 2.24) is 4.90 Å². The molecular formula is C16H32NO5PS. The Kier molecular flexibility index (Phi) is 8.60. The predicted octanol–water partition coefficient (Wildman–Crippen LogP) is 4.20. The molecule has 1 fully saturated rings. The fourth-order valence-electron chi connectivity index (χ4n) is 2.71. The van der Waals surface area contributed by atoms with E-state index in [1.807, 2.05) is 20.8 Å². The van der Waals surface area contributed by atoms with E-state index < -0.39 is 13.2 Å². The van der Waals surface area contributed by atoms with Gasteiger partial charge < -0.3 is 18.7 Å². The van der Waals surface area contributed by atoms with Crippen molar-refractivity contribution in [2.75, 3.05) is 32.5 Å². The number of rotatable bonds is 7. The molecule has 0 radical (unpaired) electrons. The van der Waals surface area contributed by atoms with Crippen molar-refractivity contribution >= 4 is 26.3 Å². The van der Waals surface area contributed by atoms with Gasteiger partial charge in [0.25, 0.3) is 0 Å². The standard InChI is InChI=1S/C16H32NO5PS/c1-6-20-23(19,21-7-2)12-14(24)13-8-10-17(11-9-13)15(18)22-16(3,4)5/h13-14,24H,6-12H2,1-5H3. The van der Waals surface area contributed by atoms with Crippen molar-refractivity contribution in [3.8, 4) is 0 Å². The largest absolute Gasteiger partial charge is 0.444 e. The smallest absolute Gasteiger partial charge is 0.410 e. The van der Waals surface area contributed by atoms with Crippen molar-refractivity contribution in [2.45, 2.75) is 58.3 Å². The summed E-state index contributed by atoms with van der Waals surface area (Å²) >= 11 is 4.64. The summed E-state index contributed by atoms with van der Waals surface area (Å²) in [5.41, 5.74) is -0.484. The second kappa shape index (κ2) is 9.46. The fraction of sp³-hybridized carbons (Fsp3) is 0.938. The van der Waals surface area contributed by atoms with Crippen molar-refractivity contribution in [1.29, 1.82) is 0 Å². The van der Waals surface area contributed by atoms with Gasteiger partial charge in [-0.3, -0.25) is 4.57 Å². The monoisotopic (exact) mass is 381 g/mol. The quantitative estimate of drug-likeness (QED) is 0.529. The molecule has 1 amide bonds. The molecule has 1 unspecified atom stereocenters. The van der Waals surface area contributed by atoms with Crippen LogP contribution in [0.15, 0.2) is 0 Å². The van der Waals surface area contributed by atoms with Crippen LogP contribution in [0.4, 0.5) is 4.79 Å². The minimum Gasteiger partial charge on any atom is -0.444 e. The topological polar surface area (TPSA) is 65.1 Å². The van der Waals surface area contributed by atoms with Crippen LogP contribution in [0.25, 0.3) is 0 Å². The molecule has 1 heterocycles. The summed E-state index contributed by atoms with van der Waals surface area (Å²) in [6.07, 6.45) is 1.65. The molecule has 1 atom stereocenters. The number of carbonyl (C=O) groups is 1. The predicted molar refractivity (Wildman–Crippen MR) is 99.0 cm³/mol. The lowest BCUT2D eigenvalue weighted by Crippen LogP contribution is -2.43. The van der Waals surface area contributed by atoms with Crippen LogP contribution in [0.5, 0.6) is 0 Å². The molecule has 8 heteroatoms. The van der Waals surface area contributed by atoms with E-state index in [0.29, 0.717) is 32.5 Å². The van der Waals surface area contributed by atoms with Gasteiger partial charge in [-0.15, -0.1) is 0 Å². The van der Waals surface area contributed by atoms with Gasteiger partial charge in [-0.25, -0.2) is 4.79 Å². The van der Waals surface area contributed by atoms with Crippen LogP contribution in [-0.2, 0) is 18.3 Å². The van der Waals surface area contributed by atoms with Gasteiger partial charge in [-0.1, -0.05) is 0 Å². The number of ether oxygens (including phenoxy) is 1. The molecule has 0 aromatic carbocycles. The summed E-state index contributed by atoms with van der Waals surface area (Å²) in [6, 6.07) is 0. The Morgan fingerprint density at radius 2 is 1.71 bits per heavy atom. The molecule has 1 saturated heterocycles. The maximum absolute atomic E-state index is 12.6. The van der Waals surface area contributed by atoms with Gasteiger partial charge in [0.2, 0.25) is 0 Å². The molecule has 0 bridgehead atoms. The molecule has 24 heavy (non-hydrogen) atoms. The van der Waals surface area contributed by atoms with Crippen LogP contribution in [0.1, 0.15) is 47.5 Å².